The van der Waals surface area contributed by atoms with E-state index in [9.17, 15) is 9.59 Å². The molecule has 0 unspecified atom stereocenters. The van der Waals surface area contributed by atoms with Crippen molar-refractivity contribution in [3.05, 3.63) is 46.2 Å². The van der Waals surface area contributed by atoms with Crippen LogP contribution in [0.25, 0.3) is 11.1 Å². The minimum Gasteiger partial charge on any atom is -0.494 e. The van der Waals surface area contributed by atoms with Crippen LogP contribution in [0.3, 0.4) is 0 Å². The lowest BCUT2D eigenvalue weighted by atomic mass is 9.99. The highest BCUT2D eigenvalue weighted by Crippen LogP contribution is 2.36. The van der Waals surface area contributed by atoms with Crippen LogP contribution in [0.1, 0.15) is 44.4 Å². The molecule has 1 aliphatic heterocycles. The first kappa shape index (κ1) is 24.6. The van der Waals surface area contributed by atoms with Crippen LogP contribution in [0.2, 0.25) is 0 Å². The number of pyridine rings is 2. The van der Waals surface area contributed by atoms with Gasteiger partial charge in [0.1, 0.15) is 5.75 Å². The van der Waals surface area contributed by atoms with Gasteiger partial charge in [0.05, 0.1) is 30.1 Å². The molecule has 10 nitrogen and oxygen atoms in total. The summed E-state index contributed by atoms with van der Waals surface area (Å²) in [4.78, 5) is 35.8. The van der Waals surface area contributed by atoms with Gasteiger partial charge in [-0.15, -0.1) is 10.2 Å². The number of aryl methyl sites for hydroxylation is 2. The standard InChI is InChI=1S/C23H25FN6O4S/c1-12-9-15(18-17(33-4)11-26-13(2)19(18)24)16(10-25-12)20(31)27-23-29-28-21(35-23)22(32)30(3)14-5-7-34-8-6-14/h9-11,14H,5-8H2,1-4H3,(H,27,29,31). The number of carbonyl (C=O) groups excluding carboxylic acids is 2. The lowest BCUT2D eigenvalue weighted by Gasteiger charge is -2.30. The fourth-order valence-corrected chi connectivity index (χ4v) is 4.55. The molecule has 0 atom stereocenters. The highest BCUT2D eigenvalue weighted by molar-refractivity contribution is 7.17. The number of amides is 2. The van der Waals surface area contributed by atoms with Gasteiger partial charge in [-0.1, -0.05) is 11.3 Å². The molecule has 0 spiro atoms. The number of hydrogen-bond acceptors (Lipinski definition) is 9. The number of aromatic nitrogens is 4. The van der Waals surface area contributed by atoms with Gasteiger partial charge < -0.3 is 14.4 Å². The summed E-state index contributed by atoms with van der Waals surface area (Å²) in [5.41, 5.74) is 1.28. The number of carbonyl (C=O) groups is 2. The monoisotopic (exact) mass is 500 g/mol. The Labute approximate surface area is 205 Å². The van der Waals surface area contributed by atoms with Crippen molar-refractivity contribution in [3.63, 3.8) is 0 Å². The molecular formula is C23H25FN6O4S. The molecule has 0 saturated carbocycles. The zero-order valence-corrected chi connectivity index (χ0v) is 20.6. The van der Waals surface area contributed by atoms with Crippen molar-refractivity contribution in [2.75, 3.05) is 32.7 Å². The van der Waals surface area contributed by atoms with Crippen LogP contribution in [0.4, 0.5) is 9.52 Å². The van der Waals surface area contributed by atoms with E-state index >= 15 is 4.39 Å². The van der Waals surface area contributed by atoms with Gasteiger partial charge in [0.25, 0.3) is 11.8 Å². The molecule has 0 aromatic carbocycles. The lowest BCUT2D eigenvalue weighted by Crippen LogP contribution is -2.40. The first-order chi connectivity index (χ1) is 16.8. The summed E-state index contributed by atoms with van der Waals surface area (Å²) in [5, 5.41) is 10.9. The number of ether oxygens (including phenoxy) is 2. The molecule has 184 valence electrons. The SMILES string of the molecule is COc1cnc(C)c(F)c1-c1cc(C)ncc1C(=O)Nc1nnc(C(=O)N(C)C2CCOCC2)s1. The minimum absolute atomic E-state index is 0.0630. The molecular weight excluding hydrogens is 475 g/mol. The molecule has 3 aromatic rings. The van der Waals surface area contributed by atoms with E-state index in [0.29, 0.717) is 24.5 Å². The van der Waals surface area contributed by atoms with Crippen molar-refractivity contribution >= 4 is 28.3 Å². The van der Waals surface area contributed by atoms with Crippen LogP contribution < -0.4 is 10.1 Å². The molecule has 0 radical (unpaired) electrons. The Hall–Kier alpha value is -3.51. The highest BCUT2D eigenvalue weighted by atomic mass is 32.1. The number of hydrogen-bond donors (Lipinski definition) is 1. The minimum atomic E-state index is -0.594. The van der Waals surface area contributed by atoms with E-state index in [0.717, 1.165) is 24.2 Å². The molecule has 0 aliphatic carbocycles. The Morgan fingerprint density at radius 2 is 1.94 bits per heavy atom. The van der Waals surface area contributed by atoms with Gasteiger partial charge >= 0.3 is 0 Å². The van der Waals surface area contributed by atoms with Crippen molar-refractivity contribution < 1.29 is 23.5 Å². The molecule has 1 fully saturated rings. The number of anilines is 1. The maximum Gasteiger partial charge on any atom is 0.284 e. The van der Waals surface area contributed by atoms with Gasteiger partial charge in [0.15, 0.2) is 5.82 Å². The zero-order valence-electron chi connectivity index (χ0n) is 19.8. The molecule has 1 saturated heterocycles. The summed E-state index contributed by atoms with van der Waals surface area (Å²) in [6.07, 6.45) is 4.27. The maximum atomic E-state index is 15.1. The average Bonchev–Trinajstić information content (AvgIpc) is 3.33. The van der Waals surface area contributed by atoms with Crippen molar-refractivity contribution in [2.24, 2.45) is 0 Å². The van der Waals surface area contributed by atoms with Gasteiger partial charge in [-0.05, 0) is 32.8 Å². The predicted octanol–water partition coefficient (Wildman–Crippen LogP) is 3.26. The molecule has 1 N–H and O–H groups in total. The summed E-state index contributed by atoms with van der Waals surface area (Å²) in [6, 6.07) is 1.67. The fourth-order valence-electron chi connectivity index (χ4n) is 3.83. The van der Waals surface area contributed by atoms with E-state index in [2.05, 4.69) is 25.5 Å². The van der Waals surface area contributed by atoms with Gasteiger partial charge in [-0.2, -0.15) is 0 Å². The van der Waals surface area contributed by atoms with Gasteiger partial charge in [0, 0.05) is 43.8 Å². The third kappa shape index (κ3) is 5.13. The van der Waals surface area contributed by atoms with Gasteiger partial charge in [0.2, 0.25) is 10.1 Å². The number of nitrogens with zero attached hydrogens (tertiary/aromatic N) is 5. The Morgan fingerprint density at radius 1 is 1.20 bits per heavy atom. The van der Waals surface area contributed by atoms with E-state index in [1.807, 2.05) is 0 Å². The number of methoxy groups -OCH3 is 1. The number of nitrogens with one attached hydrogen (secondary N) is 1. The third-order valence-corrected chi connectivity index (χ3v) is 6.65. The van der Waals surface area contributed by atoms with E-state index in [4.69, 9.17) is 9.47 Å². The van der Waals surface area contributed by atoms with Crippen LogP contribution in [0.5, 0.6) is 5.75 Å². The maximum absolute atomic E-state index is 15.1. The quantitative estimate of drug-likeness (QED) is 0.548. The van der Waals surface area contributed by atoms with Crippen molar-refractivity contribution in [1.82, 2.24) is 25.1 Å². The Morgan fingerprint density at radius 3 is 2.66 bits per heavy atom. The summed E-state index contributed by atoms with van der Waals surface area (Å²) < 4.78 is 25.8. The van der Waals surface area contributed by atoms with Gasteiger partial charge in [-0.25, -0.2) is 4.39 Å². The van der Waals surface area contributed by atoms with Crippen molar-refractivity contribution in [2.45, 2.75) is 32.7 Å². The average molecular weight is 501 g/mol. The molecule has 0 bridgehead atoms. The number of rotatable bonds is 6. The van der Waals surface area contributed by atoms with Crippen molar-refractivity contribution in [3.8, 4) is 16.9 Å². The molecule has 35 heavy (non-hydrogen) atoms. The first-order valence-corrected chi connectivity index (χ1v) is 11.8. The summed E-state index contributed by atoms with van der Waals surface area (Å²) in [7, 11) is 3.13. The molecule has 1 aliphatic rings. The Bertz CT molecular complexity index is 1260. The smallest absolute Gasteiger partial charge is 0.284 e. The van der Waals surface area contributed by atoms with Crippen molar-refractivity contribution in [1.29, 1.82) is 0 Å². The van der Waals surface area contributed by atoms with E-state index in [1.54, 1.807) is 24.9 Å². The highest BCUT2D eigenvalue weighted by Gasteiger charge is 2.27. The van der Waals surface area contributed by atoms with Crippen LogP contribution in [-0.2, 0) is 4.74 Å². The van der Waals surface area contributed by atoms with E-state index in [-0.39, 0.29) is 44.7 Å². The lowest BCUT2D eigenvalue weighted by molar-refractivity contribution is 0.0361. The Balaban J connectivity index is 1.59. The largest absolute Gasteiger partial charge is 0.494 e. The molecule has 3 aromatic heterocycles. The van der Waals surface area contributed by atoms with Crippen LogP contribution >= 0.6 is 11.3 Å². The molecule has 2 amide bonds. The normalized spacial score (nSPS) is 14.0. The molecule has 4 rings (SSSR count). The topological polar surface area (TPSA) is 119 Å². The summed E-state index contributed by atoms with van der Waals surface area (Å²) >= 11 is 0.969. The zero-order chi connectivity index (χ0) is 25.1. The second-order valence-corrected chi connectivity index (χ2v) is 9.08. The fraction of sp³-hybridized carbons (Fsp3) is 0.391. The van der Waals surface area contributed by atoms with Gasteiger partial charge in [-0.3, -0.25) is 24.9 Å². The first-order valence-electron chi connectivity index (χ1n) is 11.0. The van der Waals surface area contributed by atoms with Crippen LogP contribution in [0.15, 0.2) is 18.5 Å². The van der Waals surface area contributed by atoms with E-state index in [1.165, 1.54) is 26.4 Å². The number of halogens is 1. The molecule has 12 heteroatoms. The molecule has 4 heterocycles. The van der Waals surface area contributed by atoms with Crippen LogP contribution in [-0.4, -0.2) is 70.3 Å². The summed E-state index contributed by atoms with van der Waals surface area (Å²) in [5.74, 6) is -1.25. The van der Waals surface area contributed by atoms with Crippen LogP contribution in [0, 0.1) is 19.7 Å². The predicted molar refractivity (Wildman–Crippen MR) is 127 cm³/mol. The summed E-state index contributed by atoms with van der Waals surface area (Å²) in [6.45, 7) is 4.48. The van der Waals surface area contributed by atoms with E-state index < -0.39 is 11.7 Å². The second-order valence-electron chi connectivity index (χ2n) is 8.10. The third-order valence-electron chi connectivity index (χ3n) is 5.82. The Kier molecular flexibility index (Phi) is 7.31. The second kappa shape index (κ2) is 10.4.